The quantitative estimate of drug-likeness (QED) is 0.684. The van der Waals surface area contributed by atoms with E-state index in [1.54, 1.807) is 13.0 Å². The Morgan fingerprint density at radius 3 is 2.79 bits per heavy atom. The van der Waals surface area contributed by atoms with E-state index in [0.717, 1.165) is 37.1 Å². The molecule has 2 aromatic rings. The van der Waals surface area contributed by atoms with Gasteiger partial charge in [0.2, 0.25) is 5.91 Å². The van der Waals surface area contributed by atoms with E-state index in [9.17, 15) is 9.59 Å². The monoisotopic (exact) mass is 401 g/mol. The number of nitrogens with zero attached hydrogens (tertiary/aromatic N) is 2. The molecule has 2 heterocycles. The minimum absolute atomic E-state index is 0.0835. The van der Waals surface area contributed by atoms with Gasteiger partial charge in [0.1, 0.15) is 11.9 Å². The van der Waals surface area contributed by atoms with E-state index in [0.29, 0.717) is 18.0 Å². The van der Waals surface area contributed by atoms with Crippen LogP contribution in [0.1, 0.15) is 63.1 Å². The molecule has 2 amide bonds. The number of ether oxygens (including phenoxy) is 1. The highest BCUT2D eigenvalue weighted by molar-refractivity contribution is 5.91. The summed E-state index contributed by atoms with van der Waals surface area (Å²) in [5, 5.41) is 16.7. The fourth-order valence-electron chi connectivity index (χ4n) is 3.81. The number of aryl methyl sites for hydroxylation is 1. The molecule has 3 N–H and O–H groups in total. The van der Waals surface area contributed by atoms with Crippen LogP contribution in [0.3, 0.4) is 0 Å². The minimum atomic E-state index is -0.334. The molecule has 4 rings (SSSR count). The minimum Gasteiger partial charge on any atom is -0.446 e. The molecule has 0 aliphatic heterocycles. The van der Waals surface area contributed by atoms with Crippen LogP contribution in [0.15, 0.2) is 16.7 Å². The highest BCUT2D eigenvalue weighted by Crippen LogP contribution is 2.42. The third kappa shape index (κ3) is 4.60. The molecule has 2 atom stereocenters. The maximum Gasteiger partial charge on any atom is 0.407 e. The van der Waals surface area contributed by atoms with E-state index in [4.69, 9.17) is 9.26 Å². The summed E-state index contributed by atoms with van der Waals surface area (Å²) >= 11 is 0. The average Bonchev–Trinajstić information content (AvgIpc) is 3.02. The second-order valence-electron chi connectivity index (χ2n) is 8.84. The van der Waals surface area contributed by atoms with Crippen LogP contribution in [-0.2, 0) is 21.4 Å². The Hall–Kier alpha value is -2.84. The Labute approximate surface area is 168 Å². The van der Waals surface area contributed by atoms with Crippen molar-refractivity contribution in [3.8, 4) is 0 Å². The molecule has 0 unspecified atom stereocenters. The SMILES string of the molecule is Cc1cc(CC(=O)Nc2cc([C@@]3(C)CC[C@H](OC(=O)NC4(C)CC4)C3)[nH]n2)on1. The first kappa shape index (κ1) is 19.5. The molecule has 0 spiro atoms. The number of carbonyl (C=O) groups is 2. The Morgan fingerprint density at radius 2 is 2.10 bits per heavy atom. The number of anilines is 1. The molecule has 2 aliphatic rings. The summed E-state index contributed by atoms with van der Waals surface area (Å²) in [6.45, 7) is 5.95. The Kier molecular flexibility index (Phi) is 4.84. The molecule has 2 aliphatic carbocycles. The van der Waals surface area contributed by atoms with Gasteiger partial charge in [-0.2, -0.15) is 5.10 Å². The molecule has 156 valence electrons. The smallest absolute Gasteiger partial charge is 0.407 e. The lowest BCUT2D eigenvalue weighted by atomic mass is 9.85. The fraction of sp³-hybridized carbons (Fsp3) is 0.600. The molecular formula is C20H27N5O4. The number of hydrogen-bond donors (Lipinski definition) is 3. The Bertz CT molecular complexity index is 916. The first-order valence-electron chi connectivity index (χ1n) is 10.00. The second kappa shape index (κ2) is 7.20. The normalized spacial score (nSPS) is 24.9. The maximum absolute atomic E-state index is 12.2. The van der Waals surface area contributed by atoms with Crippen molar-refractivity contribution in [1.82, 2.24) is 20.7 Å². The van der Waals surface area contributed by atoms with Gasteiger partial charge in [-0.15, -0.1) is 0 Å². The molecule has 9 heteroatoms. The third-order valence-electron chi connectivity index (χ3n) is 5.88. The molecule has 0 bridgehead atoms. The molecule has 0 saturated heterocycles. The van der Waals surface area contributed by atoms with Gasteiger partial charge in [-0.3, -0.25) is 9.89 Å². The molecule has 2 aromatic heterocycles. The lowest BCUT2D eigenvalue weighted by Crippen LogP contribution is -2.36. The molecule has 2 fully saturated rings. The van der Waals surface area contributed by atoms with Gasteiger partial charge < -0.3 is 19.9 Å². The summed E-state index contributed by atoms with van der Waals surface area (Å²) < 4.78 is 10.7. The number of hydrogen-bond acceptors (Lipinski definition) is 6. The number of rotatable bonds is 6. The van der Waals surface area contributed by atoms with Crippen molar-refractivity contribution in [1.29, 1.82) is 0 Å². The van der Waals surface area contributed by atoms with Crippen molar-refractivity contribution >= 4 is 17.8 Å². The number of amides is 2. The van der Waals surface area contributed by atoms with Crippen molar-refractivity contribution in [3.63, 3.8) is 0 Å². The zero-order valence-electron chi connectivity index (χ0n) is 17.0. The number of aromatic nitrogens is 3. The Balaban J connectivity index is 1.31. The van der Waals surface area contributed by atoms with Crippen LogP contribution in [0.4, 0.5) is 10.6 Å². The predicted octanol–water partition coefficient (Wildman–Crippen LogP) is 2.98. The number of H-pyrrole nitrogens is 1. The largest absolute Gasteiger partial charge is 0.446 e. The van der Waals surface area contributed by atoms with Gasteiger partial charge >= 0.3 is 6.09 Å². The maximum atomic E-state index is 12.2. The predicted molar refractivity (Wildman–Crippen MR) is 104 cm³/mol. The average molecular weight is 401 g/mol. The van der Waals surface area contributed by atoms with E-state index >= 15 is 0 Å². The van der Waals surface area contributed by atoms with Crippen LogP contribution in [0.25, 0.3) is 0 Å². The molecule has 0 radical (unpaired) electrons. The third-order valence-corrected chi connectivity index (χ3v) is 5.88. The molecule has 9 nitrogen and oxygen atoms in total. The van der Waals surface area contributed by atoms with Crippen LogP contribution in [0, 0.1) is 6.92 Å². The summed E-state index contributed by atoms with van der Waals surface area (Å²) in [4.78, 5) is 24.2. The van der Waals surface area contributed by atoms with Gasteiger partial charge in [0.15, 0.2) is 5.82 Å². The number of alkyl carbamates (subject to hydrolysis) is 1. The van der Waals surface area contributed by atoms with Crippen molar-refractivity contribution in [2.45, 2.75) is 76.4 Å². The Morgan fingerprint density at radius 1 is 1.31 bits per heavy atom. The summed E-state index contributed by atoms with van der Waals surface area (Å²) in [5.74, 6) is 0.755. The lowest BCUT2D eigenvalue weighted by molar-refractivity contribution is -0.115. The number of aromatic amines is 1. The lowest BCUT2D eigenvalue weighted by Gasteiger charge is -2.22. The summed E-state index contributed by atoms with van der Waals surface area (Å²) in [6.07, 6.45) is 4.03. The summed E-state index contributed by atoms with van der Waals surface area (Å²) in [7, 11) is 0. The van der Waals surface area contributed by atoms with Gasteiger partial charge in [0.05, 0.1) is 12.1 Å². The summed E-state index contributed by atoms with van der Waals surface area (Å²) in [5.41, 5.74) is 1.39. The highest BCUT2D eigenvalue weighted by atomic mass is 16.6. The molecule has 29 heavy (non-hydrogen) atoms. The van der Waals surface area contributed by atoms with Crippen molar-refractivity contribution in [2.24, 2.45) is 0 Å². The first-order valence-corrected chi connectivity index (χ1v) is 10.00. The zero-order valence-corrected chi connectivity index (χ0v) is 17.0. The van der Waals surface area contributed by atoms with E-state index in [-0.39, 0.29) is 35.5 Å². The van der Waals surface area contributed by atoms with Gasteiger partial charge in [-0.25, -0.2) is 4.79 Å². The van der Waals surface area contributed by atoms with Crippen molar-refractivity contribution in [3.05, 3.63) is 29.3 Å². The molecule has 2 saturated carbocycles. The van der Waals surface area contributed by atoms with E-state index in [1.807, 2.05) is 13.0 Å². The standard InChI is InChI=1S/C20H27N5O4/c1-12-8-14(29-25-12)9-17(26)21-16-10-15(23-24-16)19(2)5-4-13(11-19)28-18(27)22-20(3)6-7-20/h8,10,13H,4-7,9,11H2,1-3H3,(H,22,27)(H2,21,23,24,26)/t13-,19-/m0/s1. The van der Waals surface area contributed by atoms with Crippen LogP contribution < -0.4 is 10.6 Å². The topological polar surface area (TPSA) is 122 Å². The number of carbonyl (C=O) groups excluding carboxylic acids is 2. The van der Waals surface area contributed by atoms with Crippen LogP contribution in [0.5, 0.6) is 0 Å². The van der Waals surface area contributed by atoms with E-state index in [1.165, 1.54) is 0 Å². The van der Waals surface area contributed by atoms with Gasteiger partial charge in [0, 0.05) is 28.8 Å². The van der Waals surface area contributed by atoms with Gasteiger partial charge in [-0.05, 0) is 46.0 Å². The zero-order chi connectivity index (χ0) is 20.6. The second-order valence-corrected chi connectivity index (χ2v) is 8.84. The fourth-order valence-corrected chi connectivity index (χ4v) is 3.81. The van der Waals surface area contributed by atoms with Crippen molar-refractivity contribution in [2.75, 3.05) is 5.32 Å². The van der Waals surface area contributed by atoms with Crippen molar-refractivity contribution < 1.29 is 18.8 Å². The molecule has 0 aromatic carbocycles. The first-order chi connectivity index (χ1) is 13.7. The van der Waals surface area contributed by atoms with Crippen LogP contribution >= 0.6 is 0 Å². The van der Waals surface area contributed by atoms with E-state index in [2.05, 4.69) is 32.9 Å². The molecular weight excluding hydrogens is 374 g/mol. The van der Waals surface area contributed by atoms with Gasteiger partial charge in [0.25, 0.3) is 0 Å². The van der Waals surface area contributed by atoms with Gasteiger partial charge in [-0.1, -0.05) is 12.1 Å². The summed E-state index contributed by atoms with van der Waals surface area (Å²) in [6, 6.07) is 3.58. The number of nitrogens with one attached hydrogen (secondary N) is 3. The van der Waals surface area contributed by atoms with E-state index < -0.39 is 0 Å². The van der Waals surface area contributed by atoms with Crippen LogP contribution in [0.2, 0.25) is 0 Å². The highest BCUT2D eigenvalue weighted by Gasteiger charge is 2.42. The van der Waals surface area contributed by atoms with Crippen LogP contribution in [-0.4, -0.2) is 39.0 Å².